The number of halogens is 1. The summed E-state index contributed by atoms with van der Waals surface area (Å²) in [5.74, 6) is -0.337. The van der Waals surface area contributed by atoms with E-state index < -0.39 is 0 Å². The van der Waals surface area contributed by atoms with Crippen LogP contribution in [0.1, 0.15) is 45.5 Å². The van der Waals surface area contributed by atoms with Crippen LogP contribution in [0.3, 0.4) is 0 Å². The second kappa shape index (κ2) is 9.00. The Labute approximate surface area is 196 Å². The molecule has 3 aromatic carbocycles. The van der Waals surface area contributed by atoms with Crippen LogP contribution in [0.5, 0.6) is 0 Å². The van der Waals surface area contributed by atoms with Crippen molar-refractivity contribution in [1.82, 2.24) is 9.80 Å². The van der Waals surface area contributed by atoms with Crippen LogP contribution in [0, 0.1) is 0 Å². The van der Waals surface area contributed by atoms with Crippen LogP contribution in [0.15, 0.2) is 71.2 Å². The van der Waals surface area contributed by atoms with Crippen molar-refractivity contribution >= 4 is 44.1 Å². The van der Waals surface area contributed by atoms with E-state index in [0.29, 0.717) is 17.7 Å². The zero-order chi connectivity index (χ0) is 22.1. The highest BCUT2D eigenvalue weighted by Gasteiger charge is 2.32. The van der Waals surface area contributed by atoms with Crippen LogP contribution < -0.4 is 0 Å². The van der Waals surface area contributed by atoms with E-state index in [2.05, 4.69) is 45.1 Å². The summed E-state index contributed by atoms with van der Waals surface area (Å²) < 4.78 is 1.15. The SMILES string of the molecule is O=C1c2cccc3cccc(c23)C(=O)N1CCCCN1CC=C(c2ccccc2Br)CC1. The first kappa shape index (κ1) is 21.1. The highest BCUT2D eigenvalue weighted by atomic mass is 79.9. The van der Waals surface area contributed by atoms with E-state index in [1.165, 1.54) is 16.0 Å². The Kier molecular flexibility index (Phi) is 5.94. The number of hydrogen-bond acceptors (Lipinski definition) is 3. The highest BCUT2D eigenvalue weighted by Crippen LogP contribution is 2.31. The molecule has 5 heteroatoms. The number of rotatable bonds is 6. The first-order chi connectivity index (χ1) is 15.6. The Morgan fingerprint density at radius 1 is 0.781 bits per heavy atom. The summed E-state index contributed by atoms with van der Waals surface area (Å²) in [5, 5.41) is 1.74. The molecule has 0 radical (unpaired) electrons. The van der Waals surface area contributed by atoms with E-state index >= 15 is 0 Å². The number of carbonyl (C=O) groups is 2. The predicted octanol–water partition coefficient (Wildman–Crippen LogP) is 5.77. The fourth-order valence-electron chi connectivity index (χ4n) is 4.77. The van der Waals surface area contributed by atoms with Crippen LogP contribution in [-0.4, -0.2) is 47.8 Å². The molecule has 2 aliphatic rings. The summed E-state index contributed by atoms with van der Waals surface area (Å²) in [4.78, 5) is 29.9. The van der Waals surface area contributed by atoms with E-state index in [4.69, 9.17) is 0 Å². The number of hydrogen-bond donors (Lipinski definition) is 0. The van der Waals surface area contributed by atoms with E-state index in [9.17, 15) is 9.59 Å². The van der Waals surface area contributed by atoms with E-state index in [1.54, 1.807) is 0 Å². The van der Waals surface area contributed by atoms with Crippen LogP contribution in [0.4, 0.5) is 0 Å². The largest absolute Gasteiger partial charge is 0.299 e. The maximum atomic E-state index is 13.0. The average Bonchev–Trinajstić information content (AvgIpc) is 2.83. The maximum absolute atomic E-state index is 13.0. The van der Waals surface area contributed by atoms with Crippen molar-refractivity contribution < 1.29 is 9.59 Å². The van der Waals surface area contributed by atoms with Crippen molar-refractivity contribution in [3.8, 4) is 0 Å². The minimum Gasteiger partial charge on any atom is -0.299 e. The zero-order valence-corrected chi connectivity index (χ0v) is 19.5. The lowest BCUT2D eigenvalue weighted by molar-refractivity contribution is 0.0606. The van der Waals surface area contributed by atoms with Crippen LogP contribution in [-0.2, 0) is 0 Å². The average molecular weight is 489 g/mol. The molecule has 5 rings (SSSR count). The standard InChI is InChI=1S/C27H25BrN2O2/c28-24-12-2-1-9-21(24)19-13-17-29(18-14-19)15-3-4-16-30-26(31)22-10-5-7-20-8-6-11-23(25(20)22)27(30)32/h1-2,5-13H,3-4,14-18H2. The minimum atomic E-state index is -0.168. The first-order valence-corrected chi connectivity index (χ1v) is 12.0. The Balaban J connectivity index is 1.17. The third kappa shape index (κ3) is 3.91. The topological polar surface area (TPSA) is 40.6 Å². The van der Waals surface area contributed by atoms with Crippen molar-refractivity contribution in [2.75, 3.05) is 26.2 Å². The molecule has 0 N–H and O–H groups in total. The van der Waals surface area contributed by atoms with Gasteiger partial charge in [0.2, 0.25) is 0 Å². The van der Waals surface area contributed by atoms with E-state index in [1.807, 2.05) is 42.5 Å². The second-order valence-electron chi connectivity index (χ2n) is 8.44. The fourth-order valence-corrected chi connectivity index (χ4v) is 5.31. The lowest BCUT2D eigenvalue weighted by atomic mass is 9.94. The molecule has 0 unspecified atom stereocenters. The predicted molar refractivity (Wildman–Crippen MR) is 132 cm³/mol. The molecule has 0 saturated carbocycles. The molecule has 32 heavy (non-hydrogen) atoms. The van der Waals surface area contributed by atoms with Crippen molar-refractivity contribution in [1.29, 1.82) is 0 Å². The molecule has 0 atom stereocenters. The first-order valence-electron chi connectivity index (χ1n) is 11.2. The summed E-state index contributed by atoms with van der Waals surface area (Å²) in [5.41, 5.74) is 3.95. The third-order valence-corrected chi connectivity index (χ3v) is 7.17. The van der Waals surface area contributed by atoms with Crippen molar-refractivity contribution in [2.45, 2.75) is 19.3 Å². The molecular formula is C27H25BrN2O2. The molecule has 0 bridgehead atoms. The van der Waals surface area contributed by atoms with Crippen molar-refractivity contribution in [3.05, 3.63) is 87.9 Å². The maximum Gasteiger partial charge on any atom is 0.261 e. The van der Waals surface area contributed by atoms with Crippen LogP contribution in [0.25, 0.3) is 16.3 Å². The lowest BCUT2D eigenvalue weighted by Crippen LogP contribution is -2.41. The number of unbranched alkanes of at least 4 members (excludes halogenated alkanes) is 1. The van der Waals surface area contributed by atoms with Gasteiger partial charge in [-0.15, -0.1) is 0 Å². The molecule has 0 aliphatic carbocycles. The number of amides is 2. The molecule has 2 heterocycles. The number of benzene rings is 3. The summed E-state index contributed by atoms with van der Waals surface area (Å²) >= 11 is 3.65. The van der Waals surface area contributed by atoms with E-state index in [0.717, 1.165) is 54.1 Å². The summed E-state index contributed by atoms with van der Waals surface area (Å²) in [7, 11) is 0. The number of imide groups is 1. The number of nitrogens with zero attached hydrogens (tertiary/aromatic N) is 2. The quantitative estimate of drug-likeness (QED) is 0.326. The number of carbonyl (C=O) groups excluding carboxylic acids is 2. The van der Waals surface area contributed by atoms with Gasteiger partial charge in [-0.2, -0.15) is 0 Å². The van der Waals surface area contributed by atoms with E-state index in [-0.39, 0.29) is 11.8 Å². The molecule has 0 fully saturated rings. The summed E-state index contributed by atoms with van der Waals surface area (Å²) in [6.45, 7) is 3.41. The molecule has 3 aromatic rings. The fraction of sp³-hybridized carbons (Fsp3) is 0.259. The van der Waals surface area contributed by atoms with Crippen molar-refractivity contribution in [2.24, 2.45) is 0 Å². The minimum absolute atomic E-state index is 0.168. The van der Waals surface area contributed by atoms with Gasteiger partial charge in [-0.1, -0.05) is 64.5 Å². The highest BCUT2D eigenvalue weighted by molar-refractivity contribution is 9.10. The third-order valence-electron chi connectivity index (χ3n) is 6.47. The van der Waals surface area contributed by atoms with Gasteiger partial charge in [0.05, 0.1) is 0 Å². The van der Waals surface area contributed by atoms with Crippen molar-refractivity contribution in [3.63, 3.8) is 0 Å². The Bertz CT molecular complexity index is 1180. The molecule has 2 aliphatic heterocycles. The molecule has 0 saturated heterocycles. The normalized spacial score (nSPS) is 16.5. The monoisotopic (exact) mass is 488 g/mol. The molecular weight excluding hydrogens is 464 g/mol. The Morgan fingerprint density at radius 3 is 2.09 bits per heavy atom. The van der Waals surface area contributed by atoms with Gasteiger partial charge in [0.25, 0.3) is 11.8 Å². The van der Waals surface area contributed by atoms with Gasteiger partial charge >= 0.3 is 0 Å². The second-order valence-corrected chi connectivity index (χ2v) is 9.29. The smallest absolute Gasteiger partial charge is 0.261 e. The molecule has 2 amide bonds. The summed E-state index contributed by atoms with van der Waals surface area (Å²) in [6.07, 6.45) is 5.12. The molecule has 162 valence electrons. The van der Waals surface area contributed by atoms with Gasteiger partial charge in [-0.3, -0.25) is 19.4 Å². The molecule has 4 nitrogen and oxygen atoms in total. The Hall–Kier alpha value is -2.76. The zero-order valence-electron chi connectivity index (χ0n) is 17.9. The summed E-state index contributed by atoms with van der Waals surface area (Å²) in [6, 6.07) is 19.7. The van der Waals surface area contributed by atoms with Crippen LogP contribution in [0.2, 0.25) is 0 Å². The van der Waals surface area contributed by atoms with Gasteiger partial charge in [0, 0.05) is 40.6 Å². The van der Waals surface area contributed by atoms with Crippen LogP contribution >= 0.6 is 15.9 Å². The van der Waals surface area contributed by atoms with Gasteiger partial charge in [0.1, 0.15) is 0 Å². The molecule has 0 spiro atoms. The Morgan fingerprint density at radius 2 is 1.44 bits per heavy atom. The van der Waals surface area contributed by atoms with Gasteiger partial charge in [-0.25, -0.2) is 0 Å². The van der Waals surface area contributed by atoms with Gasteiger partial charge in [0.15, 0.2) is 0 Å². The van der Waals surface area contributed by atoms with Gasteiger partial charge < -0.3 is 0 Å². The molecule has 0 aromatic heterocycles. The van der Waals surface area contributed by atoms with Gasteiger partial charge in [-0.05, 0) is 60.5 Å². The lowest BCUT2D eigenvalue weighted by Gasteiger charge is -2.28.